The Balaban J connectivity index is 1.59. The fourth-order valence-corrected chi connectivity index (χ4v) is 4.00. The van der Waals surface area contributed by atoms with E-state index in [1.54, 1.807) is 14.2 Å². The molecule has 0 bridgehead atoms. The summed E-state index contributed by atoms with van der Waals surface area (Å²) in [5, 5.41) is 7.19. The van der Waals surface area contributed by atoms with Crippen molar-refractivity contribution in [2.75, 3.05) is 80.3 Å². The van der Waals surface area contributed by atoms with Crippen LogP contribution in [0.15, 0.2) is 4.99 Å². The second-order valence-corrected chi connectivity index (χ2v) is 7.84. The van der Waals surface area contributed by atoms with Crippen LogP contribution in [-0.4, -0.2) is 102 Å². The molecule has 2 N–H and O–H groups in total. The number of hydrogen-bond donors (Lipinski definition) is 2. The number of piperidine rings is 2. The summed E-state index contributed by atoms with van der Waals surface area (Å²) in [4.78, 5) is 9.49. The van der Waals surface area contributed by atoms with E-state index in [4.69, 9.17) is 9.47 Å². The molecule has 27 heavy (non-hydrogen) atoms. The van der Waals surface area contributed by atoms with Crippen LogP contribution in [0.4, 0.5) is 0 Å². The summed E-state index contributed by atoms with van der Waals surface area (Å²) in [6.07, 6.45) is 6.01. The molecule has 0 atom stereocenters. The molecule has 158 valence electrons. The fourth-order valence-electron chi connectivity index (χ4n) is 4.00. The zero-order valence-electron chi connectivity index (χ0n) is 17.7. The number of guanidine groups is 1. The smallest absolute Gasteiger partial charge is 0.191 e. The van der Waals surface area contributed by atoms with Crippen LogP contribution in [0.25, 0.3) is 0 Å². The Morgan fingerprint density at radius 3 is 2.19 bits per heavy atom. The highest BCUT2D eigenvalue weighted by molar-refractivity contribution is 5.79. The molecule has 0 aliphatic carbocycles. The van der Waals surface area contributed by atoms with Gasteiger partial charge in [0.25, 0.3) is 0 Å². The SMILES string of the molecule is CN=C(NCC1CCN(CCOC)CC1)NC1CCN(CCCOC)CC1. The fraction of sp³-hybridized carbons (Fsp3) is 0.950. The highest BCUT2D eigenvalue weighted by atomic mass is 16.5. The molecule has 0 spiro atoms. The van der Waals surface area contributed by atoms with Crippen LogP contribution >= 0.6 is 0 Å². The van der Waals surface area contributed by atoms with Gasteiger partial charge in [0.2, 0.25) is 0 Å². The Labute approximate surface area is 165 Å². The van der Waals surface area contributed by atoms with Crippen molar-refractivity contribution in [2.45, 2.75) is 38.1 Å². The van der Waals surface area contributed by atoms with E-state index in [1.807, 2.05) is 7.05 Å². The highest BCUT2D eigenvalue weighted by Gasteiger charge is 2.21. The zero-order chi connectivity index (χ0) is 19.3. The molecule has 2 aliphatic heterocycles. The molecule has 2 heterocycles. The van der Waals surface area contributed by atoms with Gasteiger partial charge in [0.05, 0.1) is 6.61 Å². The second-order valence-electron chi connectivity index (χ2n) is 7.84. The maximum atomic E-state index is 5.18. The molecular weight excluding hydrogens is 342 g/mol. The zero-order valence-corrected chi connectivity index (χ0v) is 17.7. The lowest BCUT2D eigenvalue weighted by Crippen LogP contribution is -2.50. The van der Waals surface area contributed by atoms with Crippen LogP contribution < -0.4 is 10.6 Å². The summed E-state index contributed by atoms with van der Waals surface area (Å²) < 4.78 is 10.3. The van der Waals surface area contributed by atoms with E-state index >= 15 is 0 Å². The summed E-state index contributed by atoms with van der Waals surface area (Å²) in [6.45, 7) is 9.63. The topological polar surface area (TPSA) is 61.4 Å². The first-order valence-corrected chi connectivity index (χ1v) is 10.6. The summed E-state index contributed by atoms with van der Waals surface area (Å²) in [7, 11) is 5.43. The van der Waals surface area contributed by atoms with E-state index in [0.717, 1.165) is 64.2 Å². The molecule has 0 aromatic rings. The third-order valence-corrected chi connectivity index (χ3v) is 5.85. The van der Waals surface area contributed by atoms with E-state index in [2.05, 4.69) is 25.4 Å². The van der Waals surface area contributed by atoms with E-state index in [1.165, 1.54) is 38.8 Å². The van der Waals surface area contributed by atoms with Crippen LogP contribution in [0.5, 0.6) is 0 Å². The molecule has 7 heteroatoms. The maximum Gasteiger partial charge on any atom is 0.191 e. The molecular formula is C20H41N5O2. The summed E-state index contributed by atoms with van der Waals surface area (Å²) in [6, 6.07) is 0.533. The minimum Gasteiger partial charge on any atom is -0.385 e. The van der Waals surface area contributed by atoms with Gasteiger partial charge in [-0.1, -0.05) is 0 Å². The quantitative estimate of drug-likeness (QED) is 0.334. The molecule has 0 radical (unpaired) electrons. The standard InChI is InChI=1S/C20H41N5O2/c1-21-20(22-17-18-5-10-25(11-6-18)14-16-27-3)23-19-7-12-24(13-8-19)9-4-15-26-2/h18-19H,4-17H2,1-3H3,(H2,21,22,23). The Morgan fingerprint density at radius 2 is 1.56 bits per heavy atom. The normalized spacial score (nSPS) is 21.5. The van der Waals surface area contributed by atoms with Gasteiger partial charge in [-0.2, -0.15) is 0 Å². The average molecular weight is 384 g/mol. The minimum atomic E-state index is 0.533. The van der Waals surface area contributed by atoms with Gasteiger partial charge in [0.15, 0.2) is 5.96 Å². The summed E-state index contributed by atoms with van der Waals surface area (Å²) in [5.74, 6) is 1.71. The van der Waals surface area contributed by atoms with Crippen molar-refractivity contribution >= 4 is 5.96 Å². The number of methoxy groups -OCH3 is 2. The van der Waals surface area contributed by atoms with Gasteiger partial charge in [-0.05, 0) is 51.1 Å². The molecule has 0 unspecified atom stereocenters. The van der Waals surface area contributed by atoms with Gasteiger partial charge in [-0.3, -0.25) is 4.99 Å². The predicted molar refractivity (Wildman–Crippen MR) is 111 cm³/mol. The minimum absolute atomic E-state index is 0.533. The van der Waals surface area contributed by atoms with Gasteiger partial charge in [0, 0.05) is 66.6 Å². The van der Waals surface area contributed by atoms with Crippen molar-refractivity contribution in [3.63, 3.8) is 0 Å². The molecule has 0 aromatic carbocycles. The monoisotopic (exact) mass is 383 g/mol. The predicted octanol–water partition coefficient (Wildman–Crippen LogP) is 1.01. The van der Waals surface area contributed by atoms with Gasteiger partial charge >= 0.3 is 0 Å². The third kappa shape index (κ3) is 8.77. The molecule has 2 rings (SSSR count). The summed E-state index contributed by atoms with van der Waals surface area (Å²) in [5.41, 5.74) is 0. The van der Waals surface area contributed by atoms with Crippen LogP contribution in [0.3, 0.4) is 0 Å². The maximum absolute atomic E-state index is 5.18. The molecule has 7 nitrogen and oxygen atoms in total. The Kier molecular flexibility index (Phi) is 11.0. The van der Waals surface area contributed by atoms with Crippen molar-refractivity contribution in [1.82, 2.24) is 20.4 Å². The van der Waals surface area contributed by atoms with Crippen LogP contribution in [-0.2, 0) is 9.47 Å². The molecule has 0 aromatic heterocycles. The van der Waals surface area contributed by atoms with Gasteiger partial charge < -0.3 is 29.9 Å². The van der Waals surface area contributed by atoms with Crippen molar-refractivity contribution < 1.29 is 9.47 Å². The van der Waals surface area contributed by atoms with Crippen LogP contribution in [0.1, 0.15) is 32.1 Å². The molecule has 2 aliphatic rings. The van der Waals surface area contributed by atoms with Crippen molar-refractivity contribution in [3.8, 4) is 0 Å². The largest absolute Gasteiger partial charge is 0.385 e. The van der Waals surface area contributed by atoms with Crippen molar-refractivity contribution in [2.24, 2.45) is 10.9 Å². The Bertz CT molecular complexity index is 405. The number of nitrogens with zero attached hydrogens (tertiary/aromatic N) is 3. The van der Waals surface area contributed by atoms with Crippen molar-refractivity contribution in [3.05, 3.63) is 0 Å². The van der Waals surface area contributed by atoms with Gasteiger partial charge in [0.1, 0.15) is 0 Å². The lowest BCUT2D eigenvalue weighted by molar-refractivity contribution is 0.120. The van der Waals surface area contributed by atoms with Gasteiger partial charge in [-0.15, -0.1) is 0 Å². The van der Waals surface area contributed by atoms with E-state index in [9.17, 15) is 0 Å². The summed E-state index contributed by atoms with van der Waals surface area (Å²) >= 11 is 0. The van der Waals surface area contributed by atoms with Gasteiger partial charge in [-0.25, -0.2) is 0 Å². The number of nitrogens with one attached hydrogen (secondary N) is 2. The number of rotatable bonds is 10. The molecule has 0 saturated carbocycles. The first kappa shape index (κ1) is 22.4. The first-order chi connectivity index (χ1) is 13.2. The third-order valence-electron chi connectivity index (χ3n) is 5.85. The Hall–Kier alpha value is -0.890. The van der Waals surface area contributed by atoms with Crippen LogP contribution in [0, 0.1) is 5.92 Å². The van der Waals surface area contributed by atoms with E-state index < -0.39 is 0 Å². The molecule has 2 saturated heterocycles. The first-order valence-electron chi connectivity index (χ1n) is 10.6. The number of hydrogen-bond acceptors (Lipinski definition) is 5. The molecule has 0 amide bonds. The van der Waals surface area contributed by atoms with E-state index in [0.29, 0.717) is 6.04 Å². The molecule has 2 fully saturated rings. The number of ether oxygens (including phenoxy) is 2. The number of likely N-dealkylation sites (tertiary alicyclic amines) is 2. The Morgan fingerprint density at radius 1 is 0.926 bits per heavy atom. The highest BCUT2D eigenvalue weighted by Crippen LogP contribution is 2.16. The average Bonchev–Trinajstić information content (AvgIpc) is 2.71. The van der Waals surface area contributed by atoms with Crippen molar-refractivity contribution in [1.29, 1.82) is 0 Å². The second kappa shape index (κ2) is 13.3. The lowest BCUT2D eigenvalue weighted by atomic mass is 9.97. The van der Waals surface area contributed by atoms with Crippen LogP contribution in [0.2, 0.25) is 0 Å². The van der Waals surface area contributed by atoms with E-state index in [-0.39, 0.29) is 0 Å². The number of aliphatic imine (C=N–C) groups is 1. The lowest BCUT2D eigenvalue weighted by Gasteiger charge is -2.34.